The number of aromatic nitrogens is 3. The second kappa shape index (κ2) is 7.30. The minimum atomic E-state index is -0.125. The first kappa shape index (κ1) is 18.4. The summed E-state index contributed by atoms with van der Waals surface area (Å²) in [6, 6.07) is 18.0. The molecule has 30 heavy (non-hydrogen) atoms. The molecule has 1 amide bonds. The predicted octanol–water partition coefficient (Wildman–Crippen LogP) is 4.17. The van der Waals surface area contributed by atoms with Crippen LogP contribution in [-0.2, 0) is 13.6 Å². The molecule has 0 bridgehead atoms. The largest absolute Gasteiger partial charge is 0.355 e. The van der Waals surface area contributed by atoms with Crippen LogP contribution in [0.2, 0.25) is 0 Å². The number of fused-ring (bicyclic) bond motifs is 1. The maximum absolute atomic E-state index is 13.3. The molecule has 0 radical (unpaired) electrons. The number of hydrogen-bond donors (Lipinski definition) is 0. The third kappa shape index (κ3) is 3.30. The van der Waals surface area contributed by atoms with E-state index in [2.05, 4.69) is 22.4 Å². The van der Waals surface area contributed by atoms with Crippen molar-refractivity contribution < 1.29 is 9.32 Å². The summed E-state index contributed by atoms with van der Waals surface area (Å²) in [6.07, 6.45) is 3.89. The van der Waals surface area contributed by atoms with Crippen LogP contribution in [0.1, 0.15) is 38.7 Å². The van der Waals surface area contributed by atoms with E-state index in [1.807, 2.05) is 67.7 Å². The molecule has 2 aromatic heterocycles. The lowest BCUT2D eigenvalue weighted by atomic mass is 9.86. The minimum absolute atomic E-state index is 0.0797. The van der Waals surface area contributed by atoms with Gasteiger partial charge in [0.2, 0.25) is 0 Å². The number of amides is 1. The summed E-state index contributed by atoms with van der Waals surface area (Å²) < 4.78 is 7.27. The first-order valence-corrected chi connectivity index (χ1v) is 9.98. The molecule has 0 aliphatic carbocycles. The van der Waals surface area contributed by atoms with Gasteiger partial charge in [-0.2, -0.15) is 5.10 Å². The average molecular weight is 398 g/mol. The number of carbonyl (C=O) groups excluding carboxylic acids is 1. The third-order valence-corrected chi connectivity index (χ3v) is 5.67. The summed E-state index contributed by atoms with van der Waals surface area (Å²) in [5.74, 6) is 0.552. The number of hydrogen-bond acceptors (Lipinski definition) is 4. The Kier molecular flexibility index (Phi) is 4.47. The first-order chi connectivity index (χ1) is 14.6. The molecular weight excluding hydrogens is 376 g/mol. The van der Waals surface area contributed by atoms with E-state index < -0.39 is 0 Å². The molecule has 1 aliphatic heterocycles. The smallest absolute Gasteiger partial charge is 0.276 e. The molecule has 6 heteroatoms. The van der Waals surface area contributed by atoms with Crippen LogP contribution in [0.15, 0.2) is 71.5 Å². The van der Waals surface area contributed by atoms with Crippen LogP contribution in [0.25, 0.3) is 11.3 Å². The van der Waals surface area contributed by atoms with Crippen molar-refractivity contribution in [3.05, 3.63) is 94.9 Å². The zero-order chi connectivity index (χ0) is 20.7. The topological polar surface area (TPSA) is 64.2 Å². The maximum Gasteiger partial charge on any atom is 0.276 e. The van der Waals surface area contributed by atoms with Gasteiger partial charge in [-0.1, -0.05) is 59.3 Å². The van der Waals surface area contributed by atoms with Crippen molar-refractivity contribution in [3.63, 3.8) is 0 Å². The fourth-order valence-corrected chi connectivity index (χ4v) is 4.06. The second-order valence-electron chi connectivity index (χ2n) is 7.83. The number of carbonyl (C=O) groups is 1. The van der Waals surface area contributed by atoms with Crippen LogP contribution < -0.4 is 0 Å². The van der Waals surface area contributed by atoms with Crippen LogP contribution in [0.3, 0.4) is 0 Å². The molecule has 150 valence electrons. The monoisotopic (exact) mass is 398 g/mol. The highest BCUT2D eigenvalue weighted by Crippen LogP contribution is 2.34. The summed E-state index contributed by atoms with van der Waals surface area (Å²) in [7, 11) is 1.91. The Morgan fingerprint density at radius 1 is 1.13 bits per heavy atom. The lowest BCUT2D eigenvalue weighted by Crippen LogP contribution is -2.38. The third-order valence-electron chi connectivity index (χ3n) is 5.67. The number of nitrogens with zero attached hydrogens (tertiary/aromatic N) is 4. The molecule has 2 aromatic carbocycles. The van der Waals surface area contributed by atoms with Gasteiger partial charge >= 0.3 is 0 Å². The molecule has 6 nitrogen and oxygen atoms in total. The van der Waals surface area contributed by atoms with Crippen LogP contribution in [-0.4, -0.2) is 32.3 Å². The molecule has 1 aliphatic rings. The van der Waals surface area contributed by atoms with Gasteiger partial charge < -0.3 is 9.42 Å². The van der Waals surface area contributed by atoms with Crippen molar-refractivity contribution in [1.29, 1.82) is 0 Å². The SMILES string of the molecule is Cc1ccc(-c2cc(C(=O)N3Cc4ccccc4C(c4cnn(C)c4)C3)no2)cc1. The van der Waals surface area contributed by atoms with E-state index in [9.17, 15) is 4.79 Å². The highest BCUT2D eigenvalue weighted by atomic mass is 16.5. The van der Waals surface area contributed by atoms with Gasteiger partial charge in [-0.25, -0.2) is 0 Å². The van der Waals surface area contributed by atoms with E-state index in [0.29, 0.717) is 24.5 Å². The van der Waals surface area contributed by atoms with Crippen LogP contribution in [0.4, 0.5) is 0 Å². The van der Waals surface area contributed by atoms with E-state index in [1.165, 1.54) is 11.1 Å². The van der Waals surface area contributed by atoms with Gasteiger partial charge in [0.15, 0.2) is 11.5 Å². The Balaban J connectivity index is 1.44. The summed E-state index contributed by atoms with van der Waals surface area (Å²) in [6.45, 7) is 3.17. The molecule has 0 N–H and O–H groups in total. The van der Waals surface area contributed by atoms with Crippen molar-refractivity contribution >= 4 is 5.91 Å². The van der Waals surface area contributed by atoms with Gasteiger partial charge in [-0.05, 0) is 23.6 Å². The Hall–Kier alpha value is -3.67. The van der Waals surface area contributed by atoms with Crippen molar-refractivity contribution in [3.8, 4) is 11.3 Å². The van der Waals surface area contributed by atoms with Gasteiger partial charge in [0, 0.05) is 43.9 Å². The summed E-state index contributed by atoms with van der Waals surface area (Å²) in [5.41, 5.74) is 5.90. The van der Waals surface area contributed by atoms with E-state index in [1.54, 1.807) is 10.7 Å². The minimum Gasteiger partial charge on any atom is -0.355 e. The number of benzene rings is 2. The van der Waals surface area contributed by atoms with Crippen LogP contribution in [0, 0.1) is 6.92 Å². The van der Waals surface area contributed by atoms with Crippen molar-refractivity contribution in [2.45, 2.75) is 19.4 Å². The van der Waals surface area contributed by atoms with Gasteiger partial charge in [0.05, 0.1) is 6.20 Å². The Morgan fingerprint density at radius 3 is 2.70 bits per heavy atom. The summed E-state index contributed by atoms with van der Waals surface area (Å²) >= 11 is 0. The van der Waals surface area contributed by atoms with Gasteiger partial charge in [0.25, 0.3) is 5.91 Å². The zero-order valence-electron chi connectivity index (χ0n) is 16.9. The molecule has 1 atom stereocenters. The quantitative estimate of drug-likeness (QED) is 0.520. The zero-order valence-corrected chi connectivity index (χ0v) is 16.9. The molecule has 3 heterocycles. The van der Waals surface area contributed by atoms with E-state index in [0.717, 1.165) is 16.7 Å². The van der Waals surface area contributed by atoms with E-state index in [-0.39, 0.29) is 11.8 Å². The number of aryl methyl sites for hydroxylation is 2. The van der Waals surface area contributed by atoms with E-state index in [4.69, 9.17) is 4.52 Å². The molecule has 4 aromatic rings. The number of rotatable bonds is 3. The fraction of sp³-hybridized carbons (Fsp3) is 0.208. The summed E-state index contributed by atoms with van der Waals surface area (Å²) in [4.78, 5) is 15.1. The lowest BCUT2D eigenvalue weighted by Gasteiger charge is -2.34. The van der Waals surface area contributed by atoms with Crippen molar-refractivity contribution in [2.75, 3.05) is 6.54 Å². The van der Waals surface area contributed by atoms with Crippen molar-refractivity contribution in [2.24, 2.45) is 7.05 Å². The maximum atomic E-state index is 13.3. The molecular formula is C24H22N4O2. The lowest BCUT2D eigenvalue weighted by molar-refractivity contribution is 0.0714. The molecule has 5 rings (SSSR count). The average Bonchev–Trinajstić information content (AvgIpc) is 3.42. The standard InChI is InChI=1S/C24H22N4O2/c1-16-7-9-17(10-8-16)23-11-22(26-30-23)24(29)28-14-18-5-3-4-6-20(18)21(15-28)19-12-25-27(2)13-19/h3-13,21H,14-15H2,1-2H3. The first-order valence-electron chi connectivity index (χ1n) is 9.98. The highest BCUT2D eigenvalue weighted by molar-refractivity contribution is 5.93. The molecule has 0 saturated carbocycles. The molecule has 1 unspecified atom stereocenters. The summed E-state index contributed by atoms with van der Waals surface area (Å²) in [5, 5.41) is 8.39. The molecule has 0 saturated heterocycles. The second-order valence-corrected chi connectivity index (χ2v) is 7.83. The Labute approximate surface area is 174 Å². The Morgan fingerprint density at radius 2 is 1.93 bits per heavy atom. The van der Waals surface area contributed by atoms with Gasteiger partial charge in [-0.3, -0.25) is 9.48 Å². The Bertz CT molecular complexity index is 1210. The highest BCUT2D eigenvalue weighted by Gasteiger charge is 2.31. The van der Waals surface area contributed by atoms with Crippen LogP contribution in [0.5, 0.6) is 0 Å². The van der Waals surface area contributed by atoms with Gasteiger partial charge in [0.1, 0.15) is 0 Å². The normalized spacial score (nSPS) is 15.8. The van der Waals surface area contributed by atoms with Crippen LogP contribution >= 0.6 is 0 Å². The van der Waals surface area contributed by atoms with E-state index >= 15 is 0 Å². The van der Waals surface area contributed by atoms with Crippen molar-refractivity contribution in [1.82, 2.24) is 19.8 Å². The fourth-order valence-electron chi connectivity index (χ4n) is 4.06. The molecule has 0 spiro atoms. The molecule has 0 fully saturated rings. The predicted molar refractivity (Wildman–Crippen MR) is 113 cm³/mol. The van der Waals surface area contributed by atoms with Gasteiger partial charge in [-0.15, -0.1) is 0 Å².